The Bertz CT molecular complexity index is 1490. The van der Waals surface area contributed by atoms with Crippen molar-refractivity contribution in [3.8, 4) is 17.2 Å². The van der Waals surface area contributed by atoms with Crippen LogP contribution in [-0.4, -0.2) is 31.3 Å². The van der Waals surface area contributed by atoms with Crippen LogP contribution in [0.15, 0.2) is 84.0 Å². The van der Waals surface area contributed by atoms with Crippen molar-refractivity contribution in [3.63, 3.8) is 0 Å². The molecule has 0 atom stereocenters. The van der Waals surface area contributed by atoms with Crippen molar-refractivity contribution >= 4 is 52.1 Å². The lowest BCUT2D eigenvalue weighted by atomic mass is 10.0. The zero-order chi connectivity index (χ0) is 27.6. The summed E-state index contributed by atoms with van der Waals surface area (Å²) in [4.78, 5) is 25.2. The lowest BCUT2D eigenvalue weighted by Crippen LogP contribution is -2.24. The van der Waals surface area contributed by atoms with Crippen molar-refractivity contribution in [1.29, 1.82) is 0 Å². The molecule has 1 amide bonds. The van der Waals surface area contributed by atoms with Crippen LogP contribution >= 0.6 is 23.2 Å². The van der Waals surface area contributed by atoms with Crippen molar-refractivity contribution in [3.05, 3.63) is 100 Å². The molecule has 0 heterocycles. The molecule has 1 N–H and O–H groups in total. The van der Waals surface area contributed by atoms with E-state index in [1.807, 2.05) is 30.3 Å². The maximum atomic E-state index is 12.8. The van der Waals surface area contributed by atoms with E-state index >= 15 is 0 Å². The molecule has 0 radical (unpaired) electrons. The molecule has 0 bridgehead atoms. The number of hydrazone groups is 1. The lowest BCUT2D eigenvalue weighted by Gasteiger charge is -2.11. The second-order valence-electron chi connectivity index (χ2n) is 8.47. The third kappa shape index (κ3) is 7.72. The maximum Gasteiger partial charge on any atom is 0.345 e. The number of amides is 1. The number of carbonyl (C=O) groups is 2. The van der Waals surface area contributed by atoms with Gasteiger partial charge in [-0.1, -0.05) is 66.9 Å². The lowest BCUT2D eigenvalue weighted by molar-refractivity contribution is -0.123. The first-order valence-electron chi connectivity index (χ1n) is 12.3. The fourth-order valence-corrected chi connectivity index (χ4v) is 4.11. The van der Waals surface area contributed by atoms with E-state index in [9.17, 15) is 9.59 Å². The Kier molecular flexibility index (Phi) is 9.78. The number of fused-ring (bicyclic) bond motifs is 1. The monoisotopic (exact) mass is 564 g/mol. The van der Waals surface area contributed by atoms with Crippen molar-refractivity contribution in [2.45, 2.75) is 19.8 Å². The van der Waals surface area contributed by atoms with E-state index in [0.29, 0.717) is 22.9 Å². The molecule has 4 rings (SSSR count). The van der Waals surface area contributed by atoms with E-state index in [-0.39, 0.29) is 22.9 Å². The van der Waals surface area contributed by atoms with Gasteiger partial charge in [0.05, 0.1) is 23.4 Å². The average molecular weight is 565 g/mol. The molecular weight excluding hydrogens is 539 g/mol. The molecule has 200 valence electrons. The zero-order valence-corrected chi connectivity index (χ0v) is 22.7. The number of benzene rings is 4. The number of nitrogens with zero attached hydrogens (tertiary/aromatic N) is 1. The molecule has 0 fully saturated rings. The molecule has 4 aromatic rings. The minimum Gasteiger partial charge on any atom is -0.494 e. The van der Waals surface area contributed by atoms with Crippen molar-refractivity contribution in [2.24, 2.45) is 5.10 Å². The van der Waals surface area contributed by atoms with Crippen LogP contribution in [-0.2, 0) is 4.79 Å². The number of hydrogen-bond donors (Lipinski definition) is 1. The first-order valence-corrected chi connectivity index (χ1v) is 13.1. The van der Waals surface area contributed by atoms with E-state index in [0.717, 1.165) is 29.4 Å². The number of hydrogen-bond acceptors (Lipinski definition) is 6. The molecule has 0 aromatic heterocycles. The fraction of sp³-hybridized carbons (Fsp3) is 0.167. The normalized spacial score (nSPS) is 10.9. The fourth-order valence-electron chi connectivity index (χ4n) is 3.62. The van der Waals surface area contributed by atoms with Gasteiger partial charge in [0.15, 0.2) is 6.61 Å². The molecular formula is C30H26Cl2N2O5. The predicted molar refractivity (Wildman–Crippen MR) is 153 cm³/mol. The Morgan fingerprint density at radius 1 is 0.923 bits per heavy atom. The second kappa shape index (κ2) is 13.6. The number of nitrogens with one attached hydrogen (secondary N) is 1. The van der Waals surface area contributed by atoms with Crippen LogP contribution in [0, 0.1) is 0 Å². The third-order valence-electron chi connectivity index (χ3n) is 5.63. The van der Waals surface area contributed by atoms with E-state index in [1.165, 1.54) is 18.3 Å². The maximum absolute atomic E-state index is 12.8. The Morgan fingerprint density at radius 2 is 1.67 bits per heavy atom. The van der Waals surface area contributed by atoms with Gasteiger partial charge in [-0.15, -0.1) is 0 Å². The molecule has 0 aliphatic carbocycles. The van der Waals surface area contributed by atoms with Crippen LogP contribution in [0.5, 0.6) is 17.2 Å². The van der Waals surface area contributed by atoms with Crippen LogP contribution in [0.4, 0.5) is 0 Å². The van der Waals surface area contributed by atoms with Gasteiger partial charge >= 0.3 is 5.97 Å². The minimum atomic E-state index is -0.652. The first kappa shape index (κ1) is 28.0. The Hall–Kier alpha value is -4.07. The molecule has 0 spiro atoms. The van der Waals surface area contributed by atoms with Gasteiger partial charge in [-0.2, -0.15) is 5.10 Å². The Labute approximate surface area is 236 Å². The standard InChI is InChI=1S/C30H26Cl2N2O5/c1-2-3-16-37-22-10-12-23(13-11-22)38-19-29(35)34-33-18-26-24-7-5-4-6-20(24)8-15-28(26)39-30(36)25-14-9-21(31)17-27(25)32/h4-15,17-18H,2-3,16,19H2,1H3,(H,34,35)/b33-18+. The second-order valence-corrected chi connectivity index (χ2v) is 9.31. The molecule has 0 aliphatic rings. The highest BCUT2D eigenvalue weighted by atomic mass is 35.5. The highest BCUT2D eigenvalue weighted by molar-refractivity contribution is 6.36. The average Bonchev–Trinajstić information content (AvgIpc) is 2.93. The zero-order valence-electron chi connectivity index (χ0n) is 21.2. The van der Waals surface area contributed by atoms with Gasteiger partial charge in [0, 0.05) is 10.6 Å². The van der Waals surface area contributed by atoms with Gasteiger partial charge in [0.25, 0.3) is 5.91 Å². The van der Waals surface area contributed by atoms with Gasteiger partial charge in [-0.05, 0) is 65.7 Å². The SMILES string of the molecule is CCCCOc1ccc(OCC(=O)N/N=C/c2c(OC(=O)c3ccc(Cl)cc3Cl)ccc3ccccc23)cc1. The van der Waals surface area contributed by atoms with Gasteiger partial charge in [0.2, 0.25) is 0 Å². The Balaban J connectivity index is 1.42. The molecule has 0 unspecified atom stereocenters. The van der Waals surface area contributed by atoms with E-state index in [1.54, 1.807) is 36.4 Å². The summed E-state index contributed by atoms with van der Waals surface area (Å²) < 4.78 is 16.8. The number of ether oxygens (including phenoxy) is 3. The molecule has 0 saturated heterocycles. The molecule has 0 saturated carbocycles. The molecule has 9 heteroatoms. The highest BCUT2D eigenvalue weighted by Gasteiger charge is 2.16. The summed E-state index contributed by atoms with van der Waals surface area (Å²) in [5.41, 5.74) is 3.12. The van der Waals surface area contributed by atoms with E-state index < -0.39 is 11.9 Å². The van der Waals surface area contributed by atoms with Gasteiger partial charge in [0.1, 0.15) is 17.2 Å². The van der Waals surface area contributed by atoms with Crippen molar-refractivity contribution in [2.75, 3.05) is 13.2 Å². The Morgan fingerprint density at radius 3 is 2.41 bits per heavy atom. The van der Waals surface area contributed by atoms with Crippen LogP contribution < -0.4 is 19.6 Å². The van der Waals surface area contributed by atoms with Crippen LogP contribution in [0.3, 0.4) is 0 Å². The number of halogens is 2. The summed E-state index contributed by atoms with van der Waals surface area (Å²) in [5, 5.41) is 6.33. The highest BCUT2D eigenvalue weighted by Crippen LogP contribution is 2.29. The van der Waals surface area contributed by atoms with Gasteiger partial charge in [-0.25, -0.2) is 10.2 Å². The smallest absolute Gasteiger partial charge is 0.345 e. The summed E-state index contributed by atoms with van der Waals surface area (Å²) in [5.74, 6) is 0.415. The summed E-state index contributed by atoms with van der Waals surface area (Å²) in [6.07, 6.45) is 3.47. The van der Waals surface area contributed by atoms with Crippen LogP contribution in [0.1, 0.15) is 35.7 Å². The van der Waals surface area contributed by atoms with Gasteiger partial charge in [-0.3, -0.25) is 4.79 Å². The third-order valence-corrected chi connectivity index (χ3v) is 6.18. The van der Waals surface area contributed by atoms with E-state index in [4.69, 9.17) is 37.4 Å². The summed E-state index contributed by atoms with van der Waals surface area (Å²) in [6.45, 7) is 2.52. The largest absolute Gasteiger partial charge is 0.494 e. The number of unbranched alkanes of at least 4 members (excludes halogenated alkanes) is 1. The van der Waals surface area contributed by atoms with Crippen LogP contribution in [0.2, 0.25) is 10.0 Å². The molecule has 7 nitrogen and oxygen atoms in total. The molecule has 4 aromatic carbocycles. The van der Waals surface area contributed by atoms with Crippen molar-refractivity contribution < 1.29 is 23.8 Å². The van der Waals surface area contributed by atoms with Gasteiger partial charge < -0.3 is 14.2 Å². The number of rotatable bonds is 11. The topological polar surface area (TPSA) is 86.2 Å². The number of esters is 1. The number of carbonyl (C=O) groups excluding carboxylic acids is 2. The summed E-state index contributed by atoms with van der Waals surface area (Å²) >= 11 is 12.1. The van der Waals surface area contributed by atoms with E-state index in [2.05, 4.69) is 17.5 Å². The molecule has 0 aliphatic heterocycles. The first-order chi connectivity index (χ1) is 18.9. The van der Waals surface area contributed by atoms with Crippen LogP contribution in [0.25, 0.3) is 10.8 Å². The predicted octanol–water partition coefficient (Wildman–Crippen LogP) is 7.07. The quantitative estimate of drug-likeness (QED) is 0.0691. The van der Waals surface area contributed by atoms with Crippen molar-refractivity contribution in [1.82, 2.24) is 5.43 Å². The minimum absolute atomic E-state index is 0.170. The summed E-state index contributed by atoms with van der Waals surface area (Å²) in [7, 11) is 0. The molecule has 39 heavy (non-hydrogen) atoms. The summed E-state index contributed by atoms with van der Waals surface area (Å²) in [6, 6.07) is 22.6.